The monoisotopic (exact) mass is 612 g/mol. The number of fused-ring (bicyclic) bond motifs is 6. The van der Waals surface area contributed by atoms with Crippen molar-refractivity contribution in [2.45, 2.75) is 0 Å². The first-order valence-corrected chi connectivity index (χ1v) is 16.0. The minimum atomic E-state index is 0.567. The van der Waals surface area contributed by atoms with Gasteiger partial charge in [0, 0.05) is 50.3 Å². The van der Waals surface area contributed by atoms with Gasteiger partial charge in [-0.1, -0.05) is 97.1 Å². The fourth-order valence-corrected chi connectivity index (χ4v) is 7.34. The highest BCUT2D eigenvalue weighted by molar-refractivity contribution is 6.10. The van der Waals surface area contributed by atoms with E-state index in [1.807, 2.05) is 24.3 Å². The molecule has 2 aromatic heterocycles. The van der Waals surface area contributed by atoms with Crippen LogP contribution in [0, 0.1) is 16.7 Å². The van der Waals surface area contributed by atoms with Gasteiger partial charge in [-0.15, -0.1) is 0 Å². The van der Waals surface area contributed by atoms with Gasteiger partial charge in [-0.25, -0.2) is 0 Å². The SMILES string of the molecule is N#Cc1cc(-c2cccc(-n3c4ccccc4c4ccccc43)c2)c(C=N)cc1-c1cccc(-n2c3ccccc3c3ccccc32)c1. The summed E-state index contributed by atoms with van der Waals surface area (Å²) in [7, 11) is 0. The van der Waals surface area contributed by atoms with Crippen LogP contribution in [0.4, 0.5) is 0 Å². The van der Waals surface area contributed by atoms with Gasteiger partial charge in [0.25, 0.3) is 0 Å². The van der Waals surface area contributed by atoms with Gasteiger partial charge in [-0.3, -0.25) is 0 Å². The number of nitrogens with one attached hydrogen (secondary N) is 1. The molecule has 1 N–H and O–H groups in total. The molecule has 0 unspecified atom stereocenters. The molecule has 0 aliphatic rings. The largest absolute Gasteiger partial charge is 0.309 e. The average molecular weight is 613 g/mol. The quantitative estimate of drug-likeness (QED) is 0.193. The van der Waals surface area contributed by atoms with Crippen LogP contribution in [0.25, 0.3) is 77.2 Å². The highest BCUT2D eigenvalue weighted by atomic mass is 15.0. The van der Waals surface area contributed by atoms with E-state index in [2.05, 4.69) is 149 Å². The third-order valence-electron chi connectivity index (χ3n) is 9.46. The van der Waals surface area contributed by atoms with Crippen LogP contribution in [-0.2, 0) is 0 Å². The molecular weight excluding hydrogens is 585 g/mol. The zero-order chi connectivity index (χ0) is 32.2. The van der Waals surface area contributed by atoms with E-state index in [1.54, 1.807) is 0 Å². The molecule has 2 heterocycles. The third kappa shape index (κ3) is 4.19. The predicted molar refractivity (Wildman–Crippen MR) is 199 cm³/mol. The summed E-state index contributed by atoms with van der Waals surface area (Å²) in [6.45, 7) is 0. The Bertz CT molecular complexity index is 2660. The first kappa shape index (κ1) is 27.6. The van der Waals surface area contributed by atoms with Crippen LogP contribution in [0.15, 0.2) is 158 Å². The molecule has 0 spiro atoms. The van der Waals surface area contributed by atoms with Gasteiger partial charge >= 0.3 is 0 Å². The summed E-state index contributed by atoms with van der Waals surface area (Å²) < 4.78 is 4.57. The molecule has 0 aliphatic heterocycles. The summed E-state index contributed by atoms with van der Waals surface area (Å²) in [5, 5.41) is 23.7. The maximum atomic E-state index is 10.5. The molecule has 0 saturated carbocycles. The van der Waals surface area contributed by atoms with E-state index in [-0.39, 0.29) is 0 Å². The van der Waals surface area contributed by atoms with Crippen molar-refractivity contribution in [3.8, 4) is 39.7 Å². The molecule has 0 saturated heterocycles. The van der Waals surface area contributed by atoms with Crippen LogP contribution in [0.2, 0.25) is 0 Å². The Morgan fingerprint density at radius 3 is 1.29 bits per heavy atom. The minimum Gasteiger partial charge on any atom is -0.309 e. The molecule has 0 bridgehead atoms. The second kappa shape index (κ2) is 11.0. The Balaban J connectivity index is 1.19. The van der Waals surface area contributed by atoms with E-state index in [0.717, 1.165) is 61.3 Å². The highest BCUT2D eigenvalue weighted by Gasteiger charge is 2.17. The van der Waals surface area contributed by atoms with Crippen LogP contribution in [0.3, 0.4) is 0 Å². The second-order valence-corrected chi connectivity index (χ2v) is 12.1. The summed E-state index contributed by atoms with van der Waals surface area (Å²) in [6, 6.07) is 57.0. The van der Waals surface area contributed by atoms with E-state index in [9.17, 15) is 5.26 Å². The average Bonchev–Trinajstić information content (AvgIpc) is 3.67. The van der Waals surface area contributed by atoms with Crippen molar-refractivity contribution < 1.29 is 0 Å². The smallest absolute Gasteiger partial charge is 0.0998 e. The molecule has 0 aliphatic carbocycles. The number of para-hydroxylation sites is 4. The Hall–Kier alpha value is -6.70. The van der Waals surface area contributed by atoms with Crippen LogP contribution in [-0.4, -0.2) is 15.3 Å². The molecule has 48 heavy (non-hydrogen) atoms. The van der Waals surface area contributed by atoms with Crippen LogP contribution in [0.1, 0.15) is 11.1 Å². The van der Waals surface area contributed by atoms with Crippen LogP contribution >= 0.6 is 0 Å². The van der Waals surface area contributed by atoms with E-state index in [4.69, 9.17) is 5.41 Å². The summed E-state index contributed by atoms with van der Waals surface area (Å²) in [6.07, 6.45) is 1.39. The minimum absolute atomic E-state index is 0.567. The molecule has 9 aromatic rings. The summed E-state index contributed by atoms with van der Waals surface area (Å²) in [5.74, 6) is 0. The van der Waals surface area contributed by atoms with Crippen molar-refractivity contribution in [1.29, 1.82) is 10.7 Å². The van der Waals surface area contributed by atoms with Crippen molar-refractivity contribution in [3.63, 3.8) is 0 Å². The highest BCUT2D eigenvalue weighted by Crippen LogP contribution is 2.37. The lowest BCUT2D eigenvalue weighted by Crippen LogP contribution is -1.98. The summed E-state index contributed by atoms with van der Waals surface area (Å²) in [4.78, 5) is 0. The molecule has 0 radical (unpaired) electrons. The zero-order valence-electron chi connectivity index (χ0n) is 25.9. The van der Waals surface area contributed by atoms with Crippen molar-refractivity contribution in [3.05, 3.63) is 169 Å². The number of benzene rings is 7. The second-order valence-electron chi connectivity index (χ2n) is 12.1. The van der Waals surface area contributed by atoms with Gasteiger partial charge in [-0.2, -0.15) is 5.26 Å². The van der Waals surface area contributed by atoms with Crippen molar-refractivity contribution in [2.75, 3.05) is 0 Å². The molecule has 0 amide bonds. The number of aromatic nitrogens is 2. The first-order valence-electron chi connectivity index (χ1n) is 16.0. The molecule has 0 atom stereocenters. The summed E-state index contributed by atoms with van der Waals surface area (Å²) >= 11 is 0. The number of nitriles is 1. The van der Waals surface area contributed by atoms with Crippen molar-refractivity contribution in [1.82, 2.24) is 9.13 Å². The standard InChI is InChI=1S/C44H28N4/c45-27-31-26-40(30-12-10-14-34(24-30)48-43-21-7-3-17-37(43)38-18-4-8-22-44(38)48)32(28-46)25-39(31)29-11-9-13-33(23-29)47-41-19-5-1-15-35(41)36-16-2-6-20-42(36)47/h1-27,45H. The Labute approximate surface area is 277 Å². The fourth-order valence-electron chi connectivity index (χ4n) is 7.34. The Kier molecular flexibility index (Phi) is 6.31. The van der Waals surface area contributed by atoms with E-state index < -0.39 is 0 Å². The normalized spacial score (nSPS) is 11.4. The fraction of sp³-hybridized carbons (Fsp3) is 0. The van der Waals surface area contributed by atoms with Gasteiger partial charge in [-0.05, 0) is 77.4 Å². The molecule has 7 aromatic carbocycles. The molecule has 224 valence electrons. The maximum absolute atomic E-state index is 10.5. The van der Waals surface area contributed by atoms with E-state index >= 15 is 0 Å². The molecule has 9 rings (SSSR count). The number of hydrogen-bond acceptors (Lipinski definition) is 2. The van der Waals surface area contributed by atoms with Gasteiger partial charge in [0.2, 0.25) is 0 Å². The van der Waals surface area contributed by atoms with Gasteiger partial charge in [0.05, 0.1) is 33.7 Å². The van der Waals surface area contributed by atoms with E-state index in [1.165, 1.54) is 27.8 Å². The molecule has 4 nitrogen and oxygen atoms in total. The Morgan fingerprint density at radius 1 is 0.458 bits per heavy atom. The topological polar surface area (TPSA) is 57.5 Å². The van der Waals surface area contributed by atoms with Gasteiger partial charge in [0.15, 0.2) is 0 Å². The van der Waals surface area contributed by atoms with Crippen molar-refractivity contribution >= 4 is 49.8 Å². The van der Waals surface area contributed by atoms with Crippen molar-refractivity contribution in [2.24, 2.45) is 0 Å². The van der Waals surface area contributed by atoms with Gasteiger partial charge < -0.3 is 14.5 Å². The Morgan fingerprint density at radius 2 is 0.875 bits per heavy atom. The lowest BCUT2D eigenvalue weighted by Gasteiger charge is -2.15. The lowest BCUT2D eigenvalue weighted by atomic mass is 9.91. The number of nitrogens with zero attached hydrogens (tertiary/aromatic N) is 3. The van der Waals surface area contributed by atoms with Crippen LogP contribution in [0.5, 0.6) is 0 Å². The molecule has 0 fully saturated rings. The first-order chi connectivity index (χ1) is 23.7. The van der Waals surface area contributed by atoms with E-state index in [0.29, 0.717) is 5.56 Å². The zero-order valence-corrected chi connectivity index (χ0v) is 25.9. The number of hydrogen-bond donors (Lipinski definition) is 1. The van der Waals surface area contributed by atoms with Crippen LogP contribution < -0.4 is 0 Å². The molecular formula is C44H28N4. The lowest BCUT2D eigenvalue weighted by molar-refractivity contribution is 1.18. The van der Waals surface area contributed by atoms with Gasteiger partial charge in [0.1, 0.15) is 0 Å². The maximum Gasteiger partial charge on any atom is 0.0998 e. The predicted octanol–water partition coefficient (Wildman–Crippen LogP) is 11.1. The summed E-state index contributed by atoms with van der Waals surface area (Å²) in [5.41, 5.74) is 11.5. The third-order valence-corrected chi connectivity index (χ3v) is 9.46. The molecule has 4 heteroatoms. The number of rotatable bonds is 5.